The molecule has 0 saturated carbocycles. The Hall–Kier alpha value is -0.700. The van der Waals surface area contributed by atoms with Crippen molar-refractivity contribution in [3.63, 3.8) is 0 Å². The van der Waals surface area contributed by atoms with Gasteiger partial charge in [-0.3, -0.25) is 4.79 Å². The van der Waals surface area contributed by atoms with Gasteiger partial charge in [-0.1, -0.05) is 0 Å². The smallest absolute Gasteiger partial charge is 0.313 e. The van der Waals surface area contributed by atoms with Gasteiger partial charge < -0.3 is 9.84 Å². The number of nitrogens with one attached hydrogen (secondary N) is 1. The highest BCUT2D eigenvalue weighted by molar-refractivity contribution is 7.87. The fraction of sp³-hybridized carbons (Fsp3) is 0.833. The minimum absolute atomic E-state index is 0.0131. The van der Waals surface area contributed by atoms with Crippen LogP contribution in [0.2, 0.25) is 0 Å². The summed E-state index contributed by atoms with van der Waals surface area (Å²) in [5.74, 6) is -1.11. The normalized spacial score (nSPS) is 33.1. The molecule has 7 nitrogen and oxygen atoms in total. The third kappa shape index (κ3) is 2.21. The first-order chi connectivity index (χ1) is 6.26. The Kier molecular flexibility index (Phi) is 2.81. The second kappa shape index (κ2) is 3.46. The lowest BCUT2D eigenvalue weighted by molar-refractivity contribution is -0.148. The highest BCUT2D eigenvalue weighted by Gasteiger charge is 2.47. The van der Waals surface area contributed by atoms with Gasteiger partial charge >= 0.3 is 5.97 Å². The van der Waals surface area contributed by atoms with Crippen LogP contribution in [0.1, 0.15) is 6.92 Å². The maximum Gasteiger partial charge on any atom is 0.313 e. The highest BCUT2D eigenvalue weighted by Crippen LogP contribution is 2.28. The fourth-order valence-electron chi connectivity index (χ4n) is 1.25. The molecule has 8 heteroatoms. The van der Waals surface area contributed by atoms with Crippen molar-refractivity contribution in [3.8, 4) is 0 Å². The summed E-state index contributed by atoms with van der Waals surface area (Å²) in [5, 5.41) is 13.6. The van der Waals surface area contributed by atoms with Crippen LogP contribution in [0, 0.1) is 5.41 Å². The van der Waals surface area contributed by atoms with E-state index in [4.69, 9.17) is 15.0 Å². The molecule has 0 radical (unpaired) electrons. The Balaban J connectivity index is 2.84. The number of hydrogen-bond acceptors (Lipinski definition) is 4. The van der Waals surface area contributed by atoms with Gasteiger partial charge in [-0.25, -0.2) is 5.14 Å². The predicted octanol–water partition coefficient (Wildman–Crippen LogP) is -1.73. The van der Waals surface area contributed by atoms with Gasteiger partial charge in [0.2, 0.25) is 0 Å². The van der Waals surface area contributed by atoms with Crippen LogP contribution in [-0.4, -0.2) is 38.7 Å². The summed E-state index contributed by atoms with van der Waals surface area (Å²) in [6, 6.07) is -0.824. The first-order valence-corrected chi connectivity index (χ1v) is 5.41. The monoisotopic (exact) mass is 224 g/mol. The van der Waals surface area contributed by atoms with Gasteiger partial charge in [0.25, 0.3) is 10.2 Å². The standard InChI is InChI=1S/C6H12N2O5S/c1-6(5(9)10)3-13-2-4(6)8-14(7,11)12/h4,8H,2-3H2,1H3,(H,9,10)(H2,7,11,12). The van der Waals surface area contributed by atoms with E-state index in [9.17, 15) is 13.2 Å². The molecule has 0 aromatic carbocycles. The van der Waals surface area contributed by atoms with Gasteiger partial charge in [-0.05, 0) is 6.92 Å². The molecular formula is C6H12N2O5S. The van der Waals surface area contributed by atoms with Gasteiger partial charge in [-0.15, -0.1) is 0 Å². The molecule has 1 heterocycles. The Morgan fingerprint density at radius 3 is 2.71 bits per heavy atom. The van der Waals surface area contributed by atoms with Crippen molar-refractivity contribution in [2.24, 2.45) is 10.6 Å². The molecule has 0 amide bonds. The van der Waals surface area contributed by atoms with Crippen LogP contribution in [0.5, 0.6) is 0 Å². The minimum atomic E-state index is -3.91. The van der Waals surface area contributed by atoms with Crippen LogP contribution in [0.4, 0.5) is 0 Å². The lowest BCUT2D eigenvalue weighted by Gasteiger charge is -2.24. The number of aliphatic carboxylic acids is 1. The molecular weight excluding hydrogens is 212 g/mol. The van der Waals surface area contributed by atoms with Gasteiger partial charge in [-0.2, -0.15) is 13.1 Å². The van der Waals surface area contributed by atoms with Crippen molar-refractivity contribution < 1.29 is 23.1 Å². The van der Waals surface area contributed by atoms with E-state index in [1.807, 2.05) is 4.72 Å². The fourth-order valence-corrected chi connectivity index (χ4v) is 1.97. The molecule has 1 aliphatic rings. The van der Waals surface area contributed by atoms with E-state index in [0.717, 1.165) is 0 Å². The summed E-state index contributed by atoms with van der Waals surface area (Å²) in [4.78, 5) is 10.9. The molecule has 14 heavy (non-hydrogen) atoms. The lowest BCUT2D eigenvalue weighted by atomic mass is 9.86. The third-order valence-corrected chi connectivity index (χ3v) is 2.86. The predicted molar refractivity (Wildman–Crippen MR) is 46.6 cm³/mol. The largest absolute Gasteiger partial charge is 0.481 e. The van der Waals surface area contributed by atoms with Gasteiger partial charge in [0.1, 0.15) is 5.41 Å². The van der Waals surface area contributed by atoms with E-state index in [-0.39, 0.29) is 13.2 Å². The summed E-state index contributed by atoms with van der Waals surface area (Å²) < 4.78 is 28.4. The molecule has 2 atom stereocenters. The molecule has 4 N–H and O–H groups in total. The zero-order valence-corrected chi connectivity index (χ0v) is 8.37. The van der Waals surface area contributed by atoms with E-state index in [1.54, 1.807) is 0 Å². The molecule has 0 aromatic heterocycles. The van der Waals surface area contributed by atoms with Crippen LogP contribution in [0.15, 0.2) is 0 Å². The summed E-state index contributed by atoms with van der Waals surface area (Å²) in [5.41, 5.74) is -1.26. The second-order valence-corrected chi connectivity index (χ2v) is 4.78. The van der Waals surface area contributed by atoms with Gasteiger partial charge in [0, 0.05) is 0 Å². The van der Waals surface area contributed by atoms with Crippen LogP contribution in [-0.2, 0) is 19.7 Å². The van der Waals surface area contributed by atoms with Gasteiger partial charge in [0.05, 0.1) is 19.3 Å². The molecule has 2 unspecified atom stereocenters. The van der Waals surface area contributed by atoms with E-state index < -0.39 is 27.6 Å². The average molecular weight is 224 g/mol. The Morgan fingerprint density at radius 1 is 1.71 bits per heavy atom. The van der Waals surface area contributed by atoms with E-state index in [1.165, 1.54) is 6.92 Å². The molecule has 1 saturated heterocycles. The molecule has 0 spiro atoms. The van der Waals surface area contributed by atoms with E-state index in [0.29, 0.717) is 0 Å². The van der Waals surface area contributed by atoms with Crippen molar-refractivity contribution in [2.45, 2.75) is 13.0 Å². The topological polar surface area (TPSA) is 119 Å². The van der Waals surface area contributed by atoms with E-state index >= 15 is 0 Å². The molecule has 0 bridgehead atoms. The summed E-state index contributed by atoms with van der Waals surface area (Å²) in [7, 11) is -3.91. The molecule has 0 aliphatic carbocycles. The summed E-state index contributed by atoms with van der Waals surface area (Å²) >= 11 is 0. The lowest BCUT2D eigenvalue weighted by Crippen LogP contribution is -2.51. The Morgan fingerprint density at radius 2 is 2.29 bits per heavy atom. The first-order valence-electron chi connectivity index (χ1n) is 3.87. The number of nitrogens with two attached hydrogens (primary N) is 1. The number of carboxylic acids is 1. The van der Waals surface area contributed by atoms with Gasteiger partial charge in [0.15, 0.2) is 0 Å². The molecule has 1 aliphatic heterocycles. The SMILES string of the molecule is CC1(C(=O)O)COCC1NS(N)(=O)=O. The number of carbonyl (C=O) groups is 1. The summed E-state index contributed by atoms with van der Waals surface area (Å²) in [6.45, 7) is 1.39. The van der Waals surface area contributed by atoms with Crippen molar-refractivity contribution >= 4 is 16.2 Å². The number of rotatable bonds is 3. The maximum atomic E-state index is 10.9. The van der Waals surface area contributed by atoms with Crippen molar-refractivity contribution in [2.75, 3.05) is 13.2 Å². The van der Waals surface area contributed by atoms with Crippen LogP contribution < -0.4 is 9.86 Å². The second-order valence-electron chi connectivity index (χ2n) is 3.45. The Bertz CT molecular complexity index is 340. The van der Waals surface area contributed by atoms with Crippen LogP contribution in [0.25, 0.3) is 0 Å². The Labute approximate surface area is 81.4 Å². The van der Waals surface area contributed by atoms with Crippen molar-refractivity contribution in [1.82, 2.24) is 4.72 Å². The van der Waals surface area contributed by atoms with Crippen LogP contribution in [0.3, 0.4) is 0 Å². The first kappa shape index (κ1) is 11.4. The quantitative estimate of drug-likeness (QED) is 0.526. The van der Waals surface area contributed by atoms with Crippen molar-refractivity contribution in [3.05, 3.63) is 0 Å². The average Bonchev–Trinajstić information content (AvgIpc) is 2.30. The van der Waals surface area contributed by atoms with Crippen LogP contribution >= 0.6 is 0 Å². The zero-order chi connectivity index (χ0) is 11.0. The molecule has 82 valence electrons. The number of carboxylic acid groups (broad SMARTS) is 1. The number of hydrogen-bond donors (Lipinski definition) is 3. The maximum absolute atomic E-state index is 10.9. The van der Waals surface area contributed by atoms with Crippen molar-refractivity contribution in [1.29, 1.82) is 0 Å². The summed E-state index contributed by atoms with van der Waals surface area (Å²) in [6.07, 6.45) is 0. The number of ether oxygens (including phenoxy) is 1. The van der Waals surface area contributed by atoms with E-state index in [2.05, 4.69) is 0 Å². The molecule has 0 aromatic rings. The molecule has 1 fully saturated rings. The third-order valence-electron chi connectivity index (χ3n) is 2.25. The minimum Gasteiger partial charge on any atom is -0.481 e. The highest BCUT2D eigenvalue weighted by atomic mass is 32.2. The molecule has 1 rings (SSSR count). The zero-order valence-electron chi connectivity index (χ0n) is 7.56.